The third-order valence-electron chi connectivity index (χ3n) is 6.35. The molecule has 146 valence electrons. The Bertz CT molecular complexity index is 1080. The van der Waals surface area contributed by atoms with E-state index in [0.717, 1.165) is 24.5 Å². The molecule has 0 aliphatic carbocycles. The van der Waals surface area contributed by atoms with E-state index in [0.29, 0.717) is 0 Å². The lowest BCUT2D eigenvalue weighted by atomic mass is 9.80. The van der Waals surface area contributed by atoms with Crippen molar-refractivity contribution in [3.05, 3.63) is 95.1 Å². The van der Waals surface area contributed by atoms with Gasteiger partial charge in [-0.2, -0.15) is 0 Å². The van der Waals surface area contributed by atoms with Gasteiger partial charge in [-0.05, 0) is 65.9 Å². The standard InChI is InChI=1S/C26H25NO2/c1-26(20-9-13-22(29-3)14-10-20)17-24(18-7-11-21(28-2)12-8-18)23-6-4-5-19-15-16-27(26)25(19)23/h4-14,17H,15-16H2,1-3H3. The summed E-state index contributed by atoms with van der Waals surface area (Å²) in [5.41, 5.74) is 7.66. The minimum Gasteiger partial charge on any atom is -0.497 e. The maximum Gasteiger partial charge on any atom is 0.118 e. The molecule has 3 nitrogen and oxygen atoms in total. The fraction of sp³-hybridized carbons (Fsp3) is 0.231. The SMILES string of the molecule is COc1ccc(C2=CC(C)(c3ccc(OC)cc3)N3CCc4cccc2c43)cc1. The van der Waals surface area contributed by atoms with E-state index in [-0.39, 0.29) is 5.54 Å². The minimum atomic E-state index is -0.221. The predicted molar refractivity (Wildman–Crippen MR) is 118 cm³/mol. The topological polar surface area (TPSA) is 21.7 Å². The number of nitrogens with zero attached hydrogens (tertiary/aromatic N) is 1. The second-order valence-corrected chi connectivity index (χ2v) is 7.88. The van der Waals surface area contributed by atoms with Crippen LogP contribution < -0.4 is 14.4 Å². The summed E-state index contributed by atoms with van der Waals surface area (Å²) < 4.78 is 10.7. The smallest absolute Gasteiger partial charge is 0.118 e. The van der Waals surface area contributed by atoms with Crippen molar-refractivity contribution < 1.29 is 9.47 Å². The third kappa shape index (κ3) is 2.72. The average Bonchev–Trinajstić information content (AvgIpc) is 3.23. The van der Waals surface area contributed by atoms with Crippen molar-refractivity contribution in [1.29, 1.82) is 0 Å². The summed E-state index contributed by atoms with van der Waals surface area (Å²) in [4.78, 5) is 2.56. The highest BCUT2D eigenvalue weighted by molar-refractivity contribution is 5.92. The molecule has 0 amide bonds. The van der Waals surface area contributed by atoms with Crippen molar-refractivity contribution in [2.24, 2.45) is 0 Å². The van der Waals surface area contributed by atoms with Gasteiger partial charge in [0, 0.05) is 17.8 Å². The molecular weight excluding hydrogens is 358 g/mol. The summed E-state index contributed by atoms with van der Waals surface area (Å²) in [7, 11) is 3.42. The van der Waals surface area contributed by atoms with Gasteiger partial charge in [-0.1, -0.05) is 42.5 Å². The zero-order chi connectivity index (χ0) is 20.0. The number of anilines is 1. The zero-order valence-electron chi connectivity index (χ0n) is 17.1. The van der Waals surface area contributed by atoms with Crippen LogP contribution in [0.1, 0.15) is 29.2 Å². The summed E-state index contributed by atoms with van der Waals surface area (Å²) >= 11 is 0. The quantitative estimate of drug-likeness (QED) is 0.600. The first-order valence-electron chi connectivity index (χ1n) is 10.1. The van der Waals surface area contributed by atoms with Crippen LogP contribution in [0, 0.1) is 0 Å². The molecule has 2 aliphatic rings. The van der Waals surface area contributed by atoms with E-state index in [2.05, 4.69) is 72.5 Å². The van der Waals surface area contributed by atoms with Crippen molar-refractivity contribution in [2.45, 2.75) is 18.9 Å². The van der Waals surface area contributed by atoms with E-state index in [1.807, 2.05) is 12.1 Å². The molecule has 0 N–H and O–H groups in total. The normalized spacial score (nSPS) is 19.6. The second kappa shape index (κ2) is 6.70. The second-order valence-electron chi connectivity index (χ2n) is 7.88. The molecule has 0 aromatic heterocycles. The number of rotatable bonds is 4. The Kier molecular flexibility index (Phi) is 4.13. The molecule has 0 bridgehead atoms. The highest BCUT2D eigenvalue weighted by Gasteiger charge is 2.41. The maximum atomic E-state index is 5.38. The van der Waals surface area contributed by atoms with Gasteiger partial charge in [-0.25, -0.2) is 0 Å². The number of ether oxygens (including phenoxy) is 2. The lowest BCUT2D eigenvalue weighted by molar-refractivity contribution is 0.414. The largest absolute Gasteiger partial charge is 0.497 e. The molecule has 0 saturated carbocycles. The molecule has 0 fully saturated rings. The first kappa shape index (κ1) is 17.9. The van der Waals surface area contributed by atoms with Crippen LogP contribution in [0.5, 0.6) is 11.5 Å². The summed E-state index contributed by atoms with van der Waals surface area (Å²) in [5.74, 6) is 1.76. The number of benzene rings is 3. The number of hydrogen-bond acceptors (Lipinski definition) is 3. The van der Waals surface area contributed by atoms with Crippen molar-refractivity contribution >= 4 is 11.3 Å². The van der Waals surface area contributed by atoms with Gasteiger partial charge < -0.3 is 14.4 Å². The fourth-order valence-electron chi connectivity index (χ4n) is 4.75. The van der Waals surface area contributed by atoms with Crippen LogP contribution in [0.15, 0.2) is 72.8 Å². The van der Waals surface area contributed by atoms with Gasteiger partial charge in [-0.15, -0.1) is 0 Å². The van der Waals surface area contributed by atoms with E-state index >= 15 is 0 Å². The molecule has 29 heavy (non-hydrogen) atoms. The molecular formula is C26H25NO2. The monoisotopic (exact) mass is 383 g/mol. The molecule has 0 saturated heterocycles. The highest BCUT2D eigenvalue weighted by atomic mass is 16.5. The lowest BCUT2D eigenvalue weighted by Gasteiger charge is -2.44. The molecule has 5 rings (SSSR count). The molecule has 1 atom stereocenters. The van der Waals surface area contributed by atoms with Gasteiger partial charge in [0.05, 0.1) is 19.8 Å². The lowest BCUT2D eigenvalue weighted by Crippen LogP contribution is -2.44. The highest BCUT2D eigenvalue weighted by Crippen LogP contribution is 2.50. The summed E-state index contributed by atoms with van der Waals surface area (Å²) in [6.07, 6.45) is 3.51. The predicted octanol–water partition coefficient (Wildman–Crippen LogP) is 5.43. The summed E-state index contributed by atoms with van der Waals surface area (Å²) in [6.45, 7) is 3.35. The van der Waals surface area contributed by atoms with Crippen molar-refractivity contribution in [3.63, 3.8) is 0 Å². The molecule has 3 aromatic carbocycles. The molecule has 3 heteroatoms. The molecule has 2 aliphatic heterocycles. The summed E-state index contributed by atoms with van der Waals surface area (Å²) in [5, 5.41) is 0. The van der Waals surface area contributed by atoms with Gasteiger partial charge in [0.15, 0.2) is 0 Å². The van der Waals surface area contributed by atoms with Gasteiger partial charge >= 0.3 is 0 Å². The van der Waals surface area contributed by atoms with Crippen molar-refractivity contribution in [2.75, 3.05) is 25.7 Å². The molecule has 0 spiro atoms. The van der Waals surface area contributed by atoms with Crippen LogP contribution in [0.3, 0.4) is 0 Å². The van der Waals surface area contributed by atoms with E-state index in [1.54, 1.807) is 14.2 Å². The Morgan fingerprint density at radius 2 is 1.48 bits per heavy atom. The van der Waals surface area contributed by atoms with Crippen LogP contribution in [0.4, 0.5) is 5.69 Å². The van der Waals surface area contributed by atoms with Crippen LogP contribution in [0.2, 0.25) is 0 Å². The molecule has 3 aromatic rings. The first-order chi connectivity index (χ1) is 14.1. The van der Waals surface area contributed by atoms with Crippen LogP contribution in [-0.4, -0.2) is 20.8 Å². The fourth-order valence-corrected chi connectivity index (χ4v) is 4.75. The van der Waals surface area contributed by atoms with Gasteiger partial charge in [-0.3, -0.25) is 0 Å². The van der Waals surface area contributed by atoms with E-state index in [4.69, 9.17) is 9.47 Å². The van der Waals surface area contributed by atoms with Crippen LogP contribution in [-0.2, 0) is 12.0 Å². The van der Waals surface area contributed by atoms with Gasteiger partial charge in [0.1, 0.15) is 11.5 Å². The average molecular weight is 383 g/mol. The minimum absolute atomic E-state index is 0.221. The number of para-hydroxylation sites is 1. The van der Waals surface area contributed by atoms with Crippen molar-refractivity contribution in [3.8, 4) is 11.5 Å². The van der Waals surface area contributed by atoms with Crippen LogP contribution >= 0.6 is 0 Å². The maximum absolute atomic E-state index is 5.38. The molecule has 0 radical (unpaired) electrons. The van der Waals surface area contributed by atoms with Crippen LogP contribution in [0.25, 0.3) is 5.57 Å². The Morgan fingerprint density at radius 1 is 0.828 bits per heavy atom. The van der Waals surface area contributed by atoms with Gasteiger partial charge in [0.2, 0.25) is 0 Å². The third-order valence-corrected chi connectivity index (χ3v) is 6.35. The first-order valence-corrected chi connectivity index (χ1v) is 10.1. The Balaban J connectivity index is 1.71. The molecule has 1 unspecified atom stereocenters. The van der Waals surface area contributed by atoms with E-state index < -0.39 is 0 Å². The van der Waals surface area contributed by atoms with Gasteiger partial charge in [0.25, 0.3) is 0 Å². The van der Waals surface area contributed by atoms with E-state index in [9.17, 15) is 0 Å². The number of hydrogen-bond donors (Lipinski definition) is 0. The summed E-state index contributed by atoms with van der Waals surface area (Å²) in [6, 6.07) is 23.6. The molecule has 2 heterocycles. The Morgan fingerprint density at radius 3 is 2.14 bits per heavy atom. The number of methoxy groups -OCH3 is 2. The Hall–Kier alpha value is -3.20. The van der Waals surface area contributed by atoms with E-state index in [1.165, 1.54) is 33.5 Å². The van der Waals surface area contributed by atoms with Crippen molar-refractivity contribution in [1.82, 2.24) is 0 Å². The Labute approximate surface area is 172 Å². The zero-order valence-corrected chi connectivity index (χ0v) is 17.1.